The number of carbonyl (C=O) groups is 1. The van der Waals surface area contributed by atoms with E-state index >= 15 is 0 Å². The van der Waals surface area contributed by atoms with Gasteiger partial charge in [-0.3, -0.25) is 4.79 Å². The van der Waals surface area contributed by atoms with Crippen LogP contribution in [0.25, 0.3) is 11.0 Å². The van der Waals surface area contributed by atoms with Crippen LogP contribution in [0.5, 0.6) is 0 Å². The number of hydrogen-bond donors (Lipinski definition) is 0. The summed E-state index contributed by atoms with van der Waals surface area (Å²) < 4.78 is 11.3. The van der Waals surface area contributed by atoms with Gasteiger partial charge in [-0.1, -0.05) is 15.9 Å². The van der Waals surface area contributed by atoms with Crippen LogP contribution in [0.4, 0.5) is 0 Å². The molecule has 0 radical (unpaired) electrons. The van der Waals surface area contributed by atoms with Gasteiger partial charge in [-0.15, -0.1) is 11.8 Å². The molecule has 90 valence electrons. The lowest BCUT2D eigenvalue weighted by Crippen LogP contribution is -2.04. The number of rotatable bonds is 3. The number of ether oxygens (including phenoxy) is 1. The van der Waals surface area contributed by atoms with Crippen molar-refractivity contribution in [3.05, 3.63) is 28.4 Å². The van der Waals surface area contributed by atoms with Crippen molar-refractivity contribution in [1.29, 1.82) is 0 Å². The molecule has 0 aliphatic rings. The molecule has 0 spiro atoms. The number of methoxy groups -OCH3 is 1. The van der Waals surface area contributed by atoms with Gasteiger partial charge in [0.05, 0.1) is 12.0 Å². The molecule has 17 heavy (non-hydrogen) atoms. The summed E-state index contributed by atoms with van der Waals surface area (Å²) in [5, 5.41) is 1.02. The monoisotopic (exact) mass is 314 g/mol. The van der Waals surface area contributed by atoms with E-state index in [2.05, 4.69) is 20.7 Å². The Hall–Kier alpha value is -0.940. The lowest BCUT2D eigenvalue weighted by atomic mass is 10.2. The largest absolute Gasteiger partial charge is 0.469 e. The van der Waals surface area contributed by atoms with Crippen LogP contribution in [0.1, 0.15) is 5.76 Å². The SMILES string of the molecule is COC(=O)Cc1oc2ccc(Br)cc2c1SC. The standard InChI is InChI=1S/C12H11BrO3S/c1-15-11(14)6-10-12(17-2)8-5-7(13)3-4-9(8)16-10/h3-5H,6H2,1-2H3. The highest BCUT2D eigenvalue weighted by Crippen LogP contribution is 2.34. The fourth-order valence-corrected chi connectivity index (χ4v) is 2.72. The van der Waals surface area contributed by atoms with Gasteiger partial charge in [0.2, 0.25) is 0 Å². The summed E-state index contributed by atoms with van der Waals surface area (Å²) in [4.78, 5) is 12.3. The van der Waals surface area contributed by atoms with E-state index in [-0.39, 0.29) is 12.4 Å². The van der Waals surface area contributed by atoms with Crippen LogP contribution in [0.15, 0.2) is 32.0 Å². The van der Waals surface area contributed by atoms with Crippen molar-refractivity contribution >= 4 is 44.6 Å². The molecule has 0 aliphatic carbocycles. The summed E-state index contributed by atoms with van der Waals surface area (Å²) in [7, 11) is 1.38. The van der Waals surface area contributed by atoms with Crippen LogP contribution in [-0.4, -0.2) is 19.3 Å². The Morgan fingerprint density at radius 3 is 2.94 bits per heavy atom. The zero-order chi connectivity index (χ0) is 12.4. The summed E-state index contributed by atoms with van der Waals surface area (Å²) in [6.07, 6.45) is 2.13. The highest BCUT2D eigenvalue weighted by atomic mass is 79.9. The third-order valence-electron chi connectivity index (χ3n) is 2.41. The van der Waals surface area contributed by atoms with E-state index in [1.807, 2.05) is 24.5 Å². The second-order valence-electron chi connectivity index (χ2n) is 3.45. The van der Waals surface area contributed by atoms with Gasteiger partial charge >= 0.3 is 5.97 Å². The van der Waals surface area contributed by atoms with Crippen LogP contribution in [0.3, 0.4) is 0 Å². The van der Waals surface area contributed by atoms with Gasteiger partial charge in [-0.05, 0) is 24.5 Å². The minimum atomic E-state index is -0.293. The molecule has 1 aromatic carbocycles. The zero-order valence-corrected chi connectivity index (χ0v) is 11.9. The molecule has 2 aromatic rings. The molecule has 0 N–H and O–H groups in total. The average molecular weight is 315 g/mol. The summed E-state index contributed by atoms with van der Waals surface area (Å²) in [5.74, 6) is 0.371. The first-order valence-corrected chi connectivity index (χ1v) is 6.99. The van der Waals surface area contributed by atoms with Crippen molar-refractivity contribution in [3.63, 3.8) is 0 Å². The highest BCUT2D eigenvalue weighted by molar-refractivity contribution is 9.10. The second-order valence-corrected chi connectivity index (χ2v) is 5.18. The Morgan fingerprint density at radius 1 is 1.53 bits per heavy atom. The van der Waals surface area contributed by atoms with Crippen LogP contribution in [0.2, 0.25) is 0 Å². The minimum absolute atomic E-state index is 0.166. The number of furan rings is 1. The first-order valence-electron chi connectivity index (χ1n) is 4.97. The lowest BCUT2D eigenvalue weighted by molar-refractivity contribution is -0.140. The third kappa shape index (κ3) is 2.50. The lowest BCUT2D eigenvalue weighted by Gasteiger charge is -1.98. The molecule has 0 bridgehead atoms. The van der Waals surface area contributed by atoms with E-state index < -0.39 is 0 Å². The van der Waals surface area contributed by atoms with Crippen LogP contribution in [0, 0.1) is 0 Å². The van der Waals surface area contributed by atoms with E-state index in [9.17, 15) is 4.79 Å². The fourth-order valence-electron chi connectivity index (χ4n) is 1.64. The van der Waals surface area contributed by atoms with Crippen molar-refractivity contribution in [2.75, 3.05) is 13.4 Å². The number of fused-ring (bicyclic) bond motifs is 1. The van der Waals surface area contributed by atoms with Gasteiger partial charge < -0.3 is 9.15 Å². The van der Waals surface area contributed by atoms with E-state index in [0.717, 1.165) is 20.3 Å². The maximum Gasteiger partial charge on any atom is 0.313 e. The smallest absolute Gasteiger partial charge is 0.313 e. The predicted molar refractivity (Wildman–Crippen MR) is 71.4 cm³/mol. The number of benzene rings is 1. The molecule has 0 amide bonds. The molecule has 0 fully saturated rings. The predicted octanol–water partition coefficient (Wildman–Crippen LogP) is 3.63. The van der Waals surface area contributed by atoms with Crippen molar-refractivity contribution in [2.45, 2.75) is 11.3 Å². The molecule has 0 saturated carbocycles. The summed E-state index contributed by atoms with van der Waals surface area (Å²) in [6, 6.07) is 5.79. The maximum absolute atomic E-state index is 11.3. The van der Waals surface area contributed by atoms with Gasteiger partial charge in [-0.25, -0.2) is 0 Å². The Bertz CT molecular complexity index is 562. The summed E-state index contributed by atoms with van der Waals surface area (Å²) in [6.45, 7) is 0. The van der Waals surface area contributed by atoms with E-state index in [0.29, 0.717) is 5.76 Å². The van der Waals surface area contributed by atoms with Gasteiger partial charge in [0.1, 0.15) is 17.8 Å². The number of halogens is 1. The van der Waals surface area contributed by atoms with Crippen LogP contribution in [-0.2, 0) is 16.0 Å². The Labute approximate surface area is 112 Å². The summed E-state index contributed by atoms with van der Waals surface area (Å²) >= 11 is 5.00. The van der Waals surface area contributed by atoms with E-state index in [1.54, 1.807) is 11.8 Å². The highest BCUT2D eigenvalue weighted by Gasteiger charge is 2.16. The van der Waals surface area contributed by atoms with Crippen LogP contribution >= 0.6 is 27.7 Å². The molecule has 0 unspecified atom stereocenters. The quantitative estimate of drug-likeness (QED) is 0.640. The Morgan fingerprint density at radius 2 is 2.29 bits per heavy atom. The topological polar surface area (TPSA) is 39.4 Å². The Balaban J connectivity index is 2.52. The molecule has 0 atom stereocenters. The maximum atomic E-state index is 11.3. The number of esters is 1. The zero-order valence-electron chi connectivity index (χ0n) is 9.45. The number of thioether (sulfide) groups is 1. The molecule has 0 saturated heterocycles. The normalized spacial score (nSPS) is 10.8. The molecule has 0 aliphatic heterocycles. The van der Waals surface area contributed by atoms with Gasteiger partial charge in [0.15, 0.2) is 0 Å². The van der Waals surface area contributed by atoms with Gasteiger partial charge in [-0.2, -0.15) is 0 Å². The Kier molecular flexibility index (Phi) is 3.79. The third-order valence-corrected chi connectivity index (χ3v) is 3.76. The first kappa shape index (κ1) is 12.5. The van der Waals surface area contributed by atoms with Gasteiger partial charge in [0, 0.05) is 9.86 Å². The minimum Gasteiger partial charge on any atom is -0.469 e. The van der Waals surface area contributed by atoms with Gasteiger partial charge in [0.25, 0.3) is 0 Å². The molecular weight excluding hydrogens is 304 g/mol. The van der Waals surface area contributed by atoms with Crippen molar-refractivity contribution in [1.82, 2.24) is 0 Å². The molecule has 3 nitrogen and oxygen atoms in total. The van der Waals surface area contributed by atoms with E-state index in [1.165, 1.54) is 7.11 Å². The second kappa shape index (κ2) is 5.14. The van der Waals surface area contributed by atoms with Crippen LogP contribution < -0.4 is 0 Å². The van der Waals surface area contributed by atoms with Crippen molar-refractivity contribution in [2.24, 2.45) is 0 Å². The molecule has 2 rings (SSSR count). The molecule has 1 heterocycles. The first-order chi connectivity index (χ1) is 8.15. The number of carbonyl (C=O) groups excluding carboxylic acids is 1. The van der Waals surface area contributed by atoms with Crippen molar-refractivity contribution in [3.8, 4) is 0 Å². The summed E-state index contributed by atoms with van der Waals surface area (Å²) in [5.41, 5.74) is 0.788. The number of hydrogen-bond acceptors (Lipinski definition) is 4. The molecular formula is C12H11BrO3S. The molecule has 1 aromatic heterocycles. The fraction of sp³-hybridized carbons (Fsp3) is 0.250. The molecule has 5 heteroatoms. The van der Waals surface area contributed by atoms with E-state index in [4.69, 9.17) is 4.42 Å². The van der Waals surface area contributed by atoms with Crippen molar-refractivity contribution < 1.29 is 13.9 Å². The average Bonchev–Trinajstić information content (AvgIpc) is 2.65.